The van der Waals surface area contributed by atoms with Crippen molar-refractivity contribution in [1.82, 2.24) is 10.2 Å². The highest BCUT2D eigenvalue weighted by Gasteiger charge is 2.46. The number of nitrogens with zero attached hydrogens (tertiary/aromatic N) is 2. The van der Waals surface area contributed by atoms with Crippen molar-refractivity contribution in [1.29, 1.82) is 0 Å². The molecule has 2 amide bonds. The lowest BCUT2D eigenvalue weighted by Gasteiger charge is -2.36. The number of ether oxygens (including phenoxy) is 1. The smallest absolute Gasteiger partial charge is 0.410 e. The van der Waals surface area contributed by atoms with Crippen molar-refractivity contribution >= 4 is 29.4 Å². The van der Waals surface area contributed by atoms with Gasteiger partial charge in [0.1, 0.15) is 17.0 Å². The molecule has 2 aliphatic heterocycles. The summed E-state index contributed by atoms with van der Waals surface area (Å²) in [5.74, 6) is 0.600. The second kappa shape index (κ2) is 5.24. The van der Waals surface area contributed by atoms with Gasteiger partial charge in [-0.15, -0.1) is 11.6 Å². The Labute approximate surface area is 123 Å². The molecule has 0 aliphatic carbocycles. The molecule has 0 atom stereocenters. The molecule has 7 heteroatoms. The van der Waals surface area contributed by atoms with Crippen molar-refractivity contribution in [3.05, 3.63) is 0 Å². The number of piperidine rings is 1. The Kier molecular flexibility index (Phi) is 3.95. The fourth-order valence-electron chi connectivity index (χ4n) is 2.37. The van der Waals surface area contributed by atoms with E-state index in [4.69, 9.17) is 16.3 Å². The third-order valence-corrected chi connectivity index (χ3v) is 3.65. The summed E-state index contributed by atoms with van der Waals surface area (Å²) in [6.45, 7) is 6.41. The van der Waals surface area contributed by atoms with E-state index in [2.05, 4.69) is 10.3 Å². The molecule has 1 N–H and O–H groups in total. The van der Waals surface area contributed by atoms with Crippen molar-refractivity contribution in [2.24, 2.45) is 4.99 Å². The van der Waals surface area contributed by atoms with Crippen molar-refractivity contribution < 1.29 is 14.3 Å². The highest BCUT2D eigenvalue weighted by atomic mass is 35.5. The summed E-state index contributed by atoms with van der Waals surface area (Å²) in [5.41, 5.74) is -1.26. The van der Waals surface area contributed by atoms with Crippen LogP contribution in [-0.2, 0) is 9.53 Å². The van der Waals surface area contributed by atoms with E-state index in [9.17, 15) is 9.59 Å². The maximum Gasteiger partial charge on any atom is 0.410 e. The molecule has 0 aromatic rings. The summed E-state index contributed by atoms with van der Waals surface area (Å²) >= 11 is 5.70. The Morgan fingerprint density at radius 3 is 2.50 bits per heavy atom. The van der Waals surface area contributed by atoms with Crippen LogP contribution < -0.4 is 5.32 Å². The zero-order valence-electron chi connectivity index (χ0n) is 12.0. The Bertz CT molecular complexity index is 448. The van der Waals surface area contributed by atoms with Crippen LogP contribution >= 0.6 is 11.6 Å². The van der Waals surface area contributed by atoms with E-state index in [1.54, 1.807) is 4.90 Å². The molecule has 0 aromatic heterocycles. The number of alkyl halides is 1. The predicted molar refractivity (Wildman–Crippen MR) is 76.1 cm³/mol. The first-order chi connectivity index (χ1) is 9.26. The minimum Gasteiger partial charge on any atom is -0.444 e. The first-order valence-electron chi connectivity index (χ1n) is 6.70. The Morgan fingerprint density at radius 2 is 2.05 bits per heavy atom. The Balaban J connectivity index is 1.98. The van der Waals surface area contributed by atoms with Gasteiger partial charge in [-0.1, -0.05) is 0 Å². The summed E-state index contributed by atoms with van der Waals surface area (Å²) in [4.78, 5) is 30.0. The number of carbonyl (C=O) groups excluding carboxylic acids is 2. The number of amides is 2. The quantitative estimate of drug-likeness (QED) is 0.747. The second-order valence-electron chi connectivity index (χ2n) is 6.15. The Hall–Kier alpha value is -1.30. The van der Waals surface area contributed by atoms with Gasteiger partial charge < -0.3 is 15.0 Å². The van der Waals surface area contributed by atoms with Gasteiger partial charge in [0.2, 0.25) is 0 Å². The van der Waals surface area contributed by atoms with E-state index in [1.165, 1.54) is 0 Å². The molecule has 0 unspecified atom stereocenters. The first kappa shape index (κ1) is 15.1. The molecule has 112 valence electrons. The standard InChI is InChI=1S/C13H20ClN3O3/c1-12(2,3)20-11(19)17-6-4-13(5-7-17)10(18)15-9(8-14)16-13/h4-8H2,1-3H3,(H,15,16,18). The van der Waals surface area contributed by atoms with Gasteiger partial charge in [-0.05, 0) is 33.6 Å². The lowest BCUT2D eigenvalue weighted by Crippen LogP contribution is -2.51. The molecular formula is C13H20ClN3O3. The average molecular weight is 302 g/mol. The lowest BCUT2D eigenvalue weighted by atomic mass is 9.88. The molecule has 0 aromatic carbocycles. The number of likely N-dealkylation sites (tertiary alicyclic amines) is 1. The summed E-state index contributed by atoms with van der Waals surface area (Å²) in [5, 5.41) is 2.69. The largest absolute Gasteiger partial charge is 0.444 e. The monoisotopic (exact) mass is 301 g/mol. The van der Waals surface area contributed by atoms with Crippen LogP contribution in [0.3, 0.4) is 0 Å². The molecule has 1 spiro atoms. The first-order valence-corrected chi connectivity index (χ1v) is 7.23. The number of hydrogen-bond donors (Lipinski definition) is 1. The topological polar surface area (TPSA) is 71.0 Å². The number of nitrogens with one attached hydrogen (secondary N) is 1. The van der Waals surface area contributed by atoms with E-state index >= 15 is 0 Å². The average Bonchev–Trinajstić information content (AvgIpc) is 2.65. The summed E-state index contributed by atoms with van der Waals surface area (Å²) in [6, 6.07) is 0. The number of amidine groups is 1. The van der Waals surface area contributed by atoms with Crippen LogP contribution in [0.15, 0.2) is 4.99 Å². The van der Waals surface area contributed by atoms with Gasteiger partial charge in [-0.25, -0.2) is 4.79 Å². The van der Waals surface area contributed by atoms with Crippen LogP contribution in [0.2, 0.25) is 0 Å². The zero-order valence-corrected chi connectivity index (χ0v) is 12.8. The van der Waals surface area contributed by atoms with Crippen molar-refractivity contribution in [3.63, 3.8) is 0 Å². The molecule has 1 saturated heterocycles. The van der Waals surface area contributed by atoms with Crippen molar-refractivity contribution in [3.8, 4) is 0 Å². The zero-order chi connectivity index (χ0) is 15.0. The molecule has 0 bridgehead atoms. The predicted octanol–water partition coefficient (Wildman–Crippen LogP) is 1.52. The van der Waals surface area contributed by atoms with Crippen LogP contribution in [0, 0.1) is 0 Å². The van der Waals surface area contributed by atoms with E-state index in [0.717, 1.165) is 0 Å². The fraction of sp³-hybridized carbons (Fsp3) is 0.769. The van der Waals surface area contributed by atoms with E-state index in [0.29, 0.717) is 31.8 Å². The number of rotatable bonds is 1. The Morgan fingerprint density at radius 1 is 1.45 bits per heavy atom. The van der Waals surface area contributed by atoms with E-state index in [-0.39, 0.29) is 17.9 Å². The van der Waals surface area contributed by atoms with Crippen LogP contribution in [0.5, 0.6) is 0 Å². The van der Waals surface area contributed by atoms with E-state index < -0.39 is 11.1 Å². The van der Waals surface area contributed by atoms with Gasteiger partial charge in [0.15, 0.2) is 0 Å². The highest BCUT2D eigenvalue weighted by Crippen LogP contribution is 2.30. The minimum atomic E-state index is -0.747. The molecule has 0 radical (unpaired) electrons. The van der Waals surface area contributed by atoms with Gasteiger partial charge in [0.05, 0.1) is 5.88 Å². The number of aliphatic imine (C=N–C) groups is 1. The SMILES string of the molecule is CC(C)(C)OC(=O)N1CCC2(CC1)N=C(CCl)NC2=O. The minimum absolute atomic E-state index is 0.114. The molecule has 1 fully saturated rings. The van der Waals surface area contributed by atoms with E-state index in [1.807, 2.05) is 20.8 Å². The molecule has 2 heterocycles. The summed E-state index contributed by atoms with van der Waals surface area (Å²) in [6.07, 6.45) is 0.656. The van der Waals surface area contributed by atoms with Gasteiger partial charge >= 0.3 is 6.09 Å². The molecule has 20 heavy (non-hydrogen) atoms. The van der Waals surface area contributed by atoms with Crippen molar-refractivity contribution in [2.45, 2.75) is 44.8 Å². The summed E-state index contributed by atoms with van der Waals surface area (Å²) < 4.78 is 5.33. The maximum atomic E-state index is 12.0. The molecule has 6 nitrogen and oxygen atoms in total. The number of halogens is 1. The van der Waals surface area contributed by atoms with Crippen LogP contribution in [0.1, 0.15) is 33.6 Å². The van der Waals surface area contributed by atoms with Gasteiger partial charge in [-0.3, -0.25) is 9.79 Å². The molecule has 0 saturated carbocycles. The normalized spacial score (nSPS) is 21.7. The van der Waals surface area contributed by atoms with Crippen LogP contribution in [0.25, 0.3) is 0 Å². The van der Waals surface area contributed by atoms with Gasteiger partial charge in [0, 0.05) is 13.1 Å². The number of hydrogen-bond acceptors (Lipinski definition) is 4. The lowest BCUT2D eigenvalue weighted by molar-refractivity contribution is -0.125. The van der Waals surface area contributed by atoms with Gasteiger partial charge in [0.25, 0.3) is 5.91 Å². The second-order valence-corrected chi connectivity index (χ2v) is 6.41. The molecular weight excluding hydrogens is 282 g/mol. The van der Waals surface area contributed by atoms with Gasteiger partial charge in [-0.2, -0.15) is 0 Å². The number of carbonyl (C=O) groups is 2. The fourth-order valence-corrected chi connectivity index (χ4v) is 2.50. The summed E-state index contributed by atoms with van der Waals surface area (Å²) in [7, 11) is 0. The van der Waals surface area contributed by atoms with Crippen molar-refractivity contribution in [2.75, 3.05) is 19.0 Å². The maximum absolute atomic E-state index is 12.0. The van der Waals surface area contributed by atoms with Crippen LogP contribution in [-0.4, -0.2) is 52.8 Å². The van der Waals surface area contributed by atoms with Crippen LogP contribution in [0.4, 0.5) is 4.79 Å². The third-order valence-electron chi connectivity index (χ3n) is 3.40. The highest BCUT2D eigenvalue weighted by molar-refractivity contribution is 6.31. The third kappa shape index (κ3) is 3.06. The molecule has 2 aliphatic rings. The molecule has 2 rings (SSSR count).